The molecular formula is C22H30N2O6S. The number of pyridine rings is 1. The van der Waals surface area contributed by atoms with Gasteiger partial charge in [-0.1, -0.05) is 6.08 Å². The summed E-state index contributed by atoms with van der Waals surface area (Å²) in [7, 11) is -2.51. The molecule has 0 radical (unpaired) electrons. The number of piperidine rings is 3. The molecule has 4 heterocycles. The maximum atomic E-state index is 11.2. The number of hydrogen-bond donors (Lipinski definition) is 2. The Kier molecular flexibility index (Phi) is 7.66. The molecule has 3 saturated heterocycles. The quantitative estimate of drug-likeness (QED) is 0.511. The zero-order valence-corrected chi connectivity index (χ0v) is 18.7. The Balaban J connectivity index is 0.000000339. The number of fused-ring (bicyclic) bond motifs is 4. The number of aliphatic hydroxyl groups excluding tert-OH is 1. The van der Waals surface area contributed by atoms with Gasteiger partial charge in [-0.2, -0.15) is 8.42 Å². The number of aliphatic hydroxyl groups is 1. The van der Waals surface area contributed by atoms with Crippen LogP contribution in [0.2, 0.25) is 0 Å². The Hall–Kier alpha value is -2.04. The SMILES string of the molecule is C=C[C@@H]1CN2CCC1C[C@@H]2[C@H](O)c1ccnc2ccc(OC)cc12.CCOS(=O)(=O)O. The van der Waals surface area contributed by atoms with Gasteiger partial charge in [-0.25, -0.2) is 4.18 Å². The fourth-order valence-electron chi connectivity index (χ4n) is 4.59. The Labute approximate surface area is 183 Å². The molecule has 31 heavy (non-hydrogen) atoms. The zero-order chi connectivity index (χ0) is 22.6. The van der Waals surface area contributed by atoms with E-state index in [2.05, 4.69) is 26.7 Å². The molecule has 3 fully saturated rings. The third-order valence-electron chi connectivity index (χ3n) is 6.09. The van der Waals surface area contributed by atoms with Crippen LogP contribution >= 0.6 is 0 Å². The highest BCUT2D eigenvalue weighted by Crippen LogP contribution is 2.42. The van der Waals surface area contributed by atoms with Crippen LogP contribution in [-0.2, 0) is 14.6 Å². The first-order valence-corrected chi connectivity index (χ1v) is 11.7. The molecule has 2 bridgehead atoms. The Morgan fingerprint density at radius 1 is 1.39 bits per heavy atom. The molecule has 0 saturated carbocycles. The van der Waals surface area contributed by atoms with Crippen LogP contribution < -0.4 is 4.74 Å². The third kappa shape index (κ3) is 5.61. The van der Waals surface area contributed by atoms with Gasteiger partial charge in [0, 0.05) is 24.2 Å². The molecular weight excluding hydrogens is 420 g/mol. The van der Waals surface area contributed by atoms with Gasteiger partial charge in [-0.05, 0) is 68.0 Å². The first-order valence-electron chi connectivity index (χ1n) is 10.4. The van der Waals surface area contributed by atoms with Gasteiger partial charge in [0.15, 0.2) is 0 Å². The molecule has 0 amide bonds. The molecule has 2 unspecified atom stereocenters. The predicted molar refractivity (Wildman–Crippen MR) is 118 cm³/mol. The number of rotatable bonds is 6. The summed E-state index contributed by atoms with van der Waals surface area (Å²) in [4.78, 5) is 6.86. The molecule has 3 aliphatic rings. The number of ether oxygens (including phenoxy) is 1. The van der Waals surface area contributed by atoms with E-state index in [0.717, 1.165) is 41.7 Å². The minimum absolute atomic E-state index is 0.0289. The van der Waals surface area contributed by atoms with Gasteiger partial charge < -0.3 is 9.84 Å². The third-order valence-corrected chi connectivity index (χ3v) is 6.62. The lowest BCUT2D eigenvalue weighted by Gasteiger charge is -2.50. The number of methoxy groups -OCH3 is 1. The highest BCUT2D eigenvalue weighted by Gasteiger charge is 2.42. The van der Waals surface area contributed by atoms with Gasteiger partial charge in [0.2, 0.25) is 0 Å². The molecule has 0 aliphatic carbocycles. The second-order valence-electron chi connectivity index (χ2n) is 7.81. The lowest BCUT2D eigenvalue weighted by molar-refractivity contribution is -0.0444. The van der Waals surface area contributed by atoms with Crippen LogP contribution in [0.3, 0.4) is 0 Å². The van der Waals surface area contributed by atoms with Crippen LogP contribution in [0.5, 0.6) is 5.75 Å². The van der Waals surface area contributed by atoms with Crippen molar-refractivity contribution in [3.63, 3.8) is 0 Å². The van der Waals surface area contributed by atoms with Crippen molar-refractivity contribution in [1.29, 1.82) is 0 Å². The largest absolute Gasteiger partial charge is 0.497 e. The first kappa shape index (κ1) is 23.6. The average molecular weight is 451 g/mol. The van der Waals surface area contributed by atoms with Crippen molar-refractivity contribution in [2.75, 3.05) is 26.8 Å². The Morgan fingerprint density at radius 2 is 2.16 bits per heavy atom. The molecule has 1 aromatic heterocycles. The Morgan fingerprint density at radius 3 is 2.71 bits per heavy atom. The van der Waals surface area contributed by atoms with E-state index < -0.39 is 16.5 Å². The summed E-state index contributed by atoms with van der Waals surface area (Å²) in [6.45, 7) is 7.51. The number of aromatic nitrogens is 1. The number of benzene rings is 1. The lowest BCUT2D eigenvalue weighted by atomic mass is 9.73. The smallest absolute Gasteiger partial charge is 0.397 e. The minimum atomic E-state index is -4.17. The van der Waals surface area contributed by atoms with E-state index in [1.807, 2.05) is 24.3 Å². The topological polar surface area (TPSA) is 109 Å². The van der Waals surface area contributed by atoms with Crippen molar-refractivity contribution in [2.24, 2.45) is 11.8 Å². The number of nitrogens with zero attached hydrogens (tertiary/aromatic N) is 2. The standard InChI is InChI=1S/C20H24N2O2.C2H6O4S/c1-3-13-12-22-9-7-14(13)10-19(22)20(23)16-6-8-21-18-5-4-15(24-2)11-17(16)18;1-2-6-7(3,4)5/h3-6,8,11,13-14,19-20,23H,1,7,9-10,12H2,2H3;2H2,1H3,(H,3,4,5)/t13-,14?,19-,20-;/m1./s1. The van der Waals surface area contributed by atoms with E-state index in [1.54, 1.807) is 13.3 Å². The summed E-state index contributed by atoms with van der Waals surface area (Å²) < 4.78 is 36.0. The molecule has 8 nitrogen and oxygen atoms in total. The average Bonchev–Trinajstić information content (AvgIpc) is 2.77. The van der Waals surface area contributed by atoms with E-state index in [0.29, 0.717) is 11.8 Å². The van der Waals surface area contributed by atoms with Crippen molar-refractivity contribution < 1.29 is 27.0 Å². The van der Waals surface area contributed by atoms with E-state index >= 15 is 0 Å². The summed E-state index contributed by atoms with van der Waals surface area (Å²) in [5, 5.41) is 12.1. The maximum absolute atomic E-state index is 11.2. The monoisotopic (exact) mass is 450 g/mol. The lowest BCUT2D eigenvalue weighted by Crippen LogP contribution is -2.54. The van der Waals surface area contributed by atoms with Crippen molar-refractivity contribution in [3.8, 4) is 5.75 Å². The van der Waals surface area contributed by atoms with E-state index in [4.69, 9.17) is 9.29 Å². The van der Waals surface area contributed by atoms with Gasteiger partial charge >= 0.3 is 10.4 Å². The summed E-state index contributed by atoms with van der Waals surface area (Å²) in [5.74, 6) is 2.01. The highest BCUT2D eigenvalue weighted by molar-refractivity contribution is 7.80. The first-order chi connectivity index (χ1) is 14.8. The summed E-state index contributed by atoms with van der Waals surface area (Å²) in [6.07, 6.45) is 5.62. The molecule has 2 aromatic rings. The van der Waals surface area contributed by atoms with Gasteiger partial charge in [0.25, 0.3) is 0 Å². The molecule has 0 spiro atoms. The van der Waals surface area contributed by atoms with Crippen molar-refractivity contribution in [3.05, 3.63) is 48.7 Å². The molecule has 5 atom stereocenters. The fraction of sp³-hybridized carbons (Fsp3) is 0.500. The highest BCUT2D eigenvalue weighted by atomic mass is 32.3. The van der Waals surface area contributed by atoms with Crippen LogP contribution in [-0.4, -0.2) is 60.8 Å². The van der Waals surface area contributed by atoms with Gasteiger partial charge in [-0.15, -0.1) is 6.58 Å². The van der Waals surface area contributed by atoms with Crippen LogP contribution in [0.1, 0.15) is 31.4 Å². The van der Waals surface area contributed by atoms with Gasteiger partial charge in [0.05, 0.1) is 25.3 Å². The molecule has 1 aromatic carbocycles. The van der Waals surface area contributed by atoms with Crippen molar-refractivity contribution in [1.82, 2.24) is 9.88 Å². The Bertz CT molecular complexity index is 1010. The second kappa shape index (κ2) is 10.1. The maximum Gasteiger partial charge on any atom is 0.397 e. The van der Waals surface area contributed by atoms with Crippen LogP contribution in [0.25, 0.3) is 10.9 Å². The summed E-state index contributed by atoms with van der Waals surface area (Å²) in [5.41, 5.74) is 1.85. The van der Waals surface area contributed by atoms with Crippen LogP contribution in [0.4, 0.5) is 0 Å². The molecule has 170 valence electrons. The number of hydrogen-bond acceptors (Lipinski definition) is 7. The van der Waals surface area contributed by atoms with Crippen LogP contribution in [0.15, 0.2) is 43.1 Å². The second-order valence-corrected chi connectivity index (χ2v) is 8.90. The van der Waals surface area contributed by atoms with Gasteiger partial charge in [0.1, 0.15) is 5.75 Å². The molecule has 9 heteroatoms. The fourth-order valence-corrected chi connectivity index (χ4v) is 4.89. The molecule has 2 N–H and O–H groups in total. The van der Waals surface area contributed by atoms with Crippen molar-refractivity contribution in [2.45, 2.75) is 31.9 Å². The molecule has 3 aliphatic heterocycles. The van der Waals surface area contributed by atoms with E-state index in [-0.39, 0.29) is 12.6 Å². The summed E-state index contributed by atoms with van der Waals surface area (Å²) >= 11 is 0. The van der Waals surface area contributed by atoms with Crippen molar-refractivity contribution >= 4 is 21.3 Å². The molecule has 5 rings (SSSR count). The van der Waals surface area contributed by atoms with Crippen LogP contribution in [0, 0.1) is 11.8 Å². The normalized spacial score (nSPS) is 26.1. The van der Waals surface area contributed by atoms with E-state index in [1.165, 1.54) is 13.3 Å². The van der Waals surface area contributed by atoms with E-state index in [9.17, 15) is 13.5 Å². The predicted octanol–water partition coefficient (Wildman–Crippen LogP) is 3.00. The minimum Gasteiger partial charge on any atom is -0.497 e. The van der Waals surface area contributed by atoms with Gasteiger partial charge in [-0.3, -0.25) is 14.4 Å². The zero-order valence-electron chi connectivity index (χ0n) is 17.8. The summed E-state index contributed by atoms with van der Waals surface area (Å²) in [6, 6.07) is 7.96.